The zero-order valence-electron chi connectivity index (χ0n) is 21.1. The lowest BCUT2D eigenvalue weighted by Crippen LogP contribution is -2.39. The Morgan fingerprint density at radius 2 is 1.86 bits per heavy atom. The largest absolute Gasteiger partial charge is 0.493 e. The van der Waals surface area contributed by atoms with Gasteiger partial charge >= 0.3 is 12.1 Å². The van der Waals surface area contributed by atoms with Crippen molar-refractivity contribution in [3.8, 4) is 5.75 Å². The van der Waals surface area contributed by atoms with E-state index in [1.807, 2.05) is 32.9 Å². The minimum atomic E-state index is -0.504. The van der Waals surface area contributed by atoms with Crippen molar-refractivity contribution in [3.05, 3.63) is 53.3 Å². The Labute approximate surface area is 207 Å². The van der Waals surface area contributed by atoms with Gasteiger partial charge in [0, 0.05) is 38.6 Å². The lowest BCUT2D eigenvalue weighted by molar-refractivity contribution is 0.0223. The number of benzene rings is 1. The number of carbonyl (C=O) groups excluding carboxylic acids is 2. The van der Waals surface area contributed by atoms with Crippen molar-refractivity contribution < 1.29 is 23.8 Å². The molecule has 0 atom stereocenters. The molecular weight excluding hydrogens is 446 g/mol. The third-order valence-corrected chi connectivity index (χ3v) is 6.49. The van der Waals surface area contributed by atoms with E-state index < -0.39 is 5.60 Å². The van der Waals surface area contributed by atoms with Crippen LogP contribution in [0.15, 0.2) is 36.7 Å². The van der Waals surface area contributed by atoms with Crippen LogP contribution in [0.5, 0.6) is 5.75 Å². The van der Waals surface area contributed by atoms with E-state index in [4.69, 9.17) is 14.2 Å². The molecule has 1 aromatic carbocycles. The molecule has 2 aliphatic heterocycles. The average Bonchev–Trinajstić information content (AvgIpc) is 2.86. The molecule has 4 rings (SSSR count). The monoisotopic (exact) mass is 481 g/mol. The molecule has 1 amide bonds. The quantitative estimate of drug-likeness (QED) is 0.584. The van der Waals surface area contributed by atoms with E-state index >= 15 is 0 Å². The highest BCUT2D eigenvalue weighted by Crippen LogP contribution is 2.29. The molecule has 0 aliphatic carbocycles. The fourth-order valence-electron chi connectivity index (χ4n) is 4.59. The first-order chi connectivity index (χ1) is 16.7. The van der Waals surface area contributed by atoms with E-state index in [0.29, 0.717) is 31.2 Å². The van der Waals surface area contributed by atoms with Gasteiger partial charge in [-0.3, -0.25) is 4.98 Å². The lowest BCUT2D eigenvalue weighted by Gasteiger charge is -2.34. The Morgan fingerprint density at radius 3 is 2.57 bits per heavy atom. The van der Waals surface area contributed by atoms with Gasteiger partial charge in [-0.2, -0.15) is 0 Å². The van der Waals surface area contributed by atoms with E-state index in [1.54, 1.807) is 17.3 Å². The number of nitrogens with zero attached hydrogens (tertiary/aromatic N) is 3. The van der Waals surface area contributed by atoms with Crippen LogP contribution >= 0.6 is 0 Å². The maximum Gasteiger partial charge on any atom is 0.410 e. The zero-order valence-corrected chi connectivity index (χ0v) is 21.1. The predicted molar refractivity (Wildman–Crippen MR) is 133 cm³/mol. The fraction of sp³-hybridized carbons (Fsp3) is 0.519. The van der Waals surface area contributed by atoms with Crippen molar-refractivity contribution in [1.82, 2.24) is 9.88 Å². The first-order valence-electron chi connectivity index (χ1n) is 12.2. The normalized spacial score (nSPS) is 16.5. The Hall–Kier alpha value is -3.29. The lowest BCUT2D eigenvalue weighted by atomic mass is 9.96. The maximum absolute atomic E-state index is 12.5. The Bertz CT molecular complexity index is 1060. The number of hydrogen-bond donors (Lipinski definition) is 0. The number of hydrogen-bond acceptors (Lipinski definition) is 7. The average molecular weight is 482 g/mol. The SMILES string of the molecule is COC(=O)c1cnccc1N1CCC(COc2ccc3c(c2)CN(C(=O)OC(C)(C)C)CC3)CC1. The molecule has 0 saturated carbocycles. The number of anilines is 1. The van der Waals surface area contributed by atoms with E-state index in [0.717, 1.165) is 49.4 Å². The topological polar surface area (TPSA) is 81.2 Å². The molecule has 0 bridgehead atoms. The van der Waals surface area contributed by atoms with Crippen molar-refractivity contribution in [2.75, 3.05) is 38.3 Å². The number of ether oxygens (including phenoxy) is 3. The smallest absolute Gasteiger partial charge is 0.410 e. The number of pyridine rings is 1. The number of fused-ring (bicyclic) bond motifs is 1. The van der Waals surface area contributed by atoms with Gasteiger partial charge in [-0.05, 0) is 75.3 Å². The fourth-order valence-corrected chi connectivity index (χ4v) is 4.59. The van der Waals surface area contributed by atoms with Gasteiger partial charge in [-0.1, -0.05) is 6.07 Å². The number of amides is 1. The number of carbonyl (C=O) groups is 2. The Morgan fingerprint density at radius 1 is 1.09 bits per heavy atom. The first kappa shape index (κ1) is 24.8. The van der Waals surface area contributed by atoms with Gasteiger partial charge in [0.1, 0.15) is 16.9 Å². The summed E-state index contributed by atoms with van der Waals surface area (Å²) in [6.07, 6.45) is 5.76. The molecule has 188 valence electrons. The summed E-state index contributed by atoms with van der Waals surface area (Å²) in [6.45, 7) is 9.18. The van der Waals surface area contributed by atoms with Gasteiger partial charge in [-0.25, -0.2) is 9.59 Å². The summed E-state index contributed by atoms with van der Waals surface area (Å²) in [6, 6.07) is 8.06. The third kappa shape index (κ3) is 6.24. The van der Waals surface area contributed by atoms with Crippen molar-refractivity contribution in [3.63, 3.8) is 0 Å². The molecule has 35 heavy (non-hydrogen) atoms. The van der Waals surface area contributed by atoms with Crippen LogP contribution in [-0.2, 0) is 22.4 Å². The molecule has 0 spiro atoms. The van der Waals surface area contributed by atoms with Crippen LogP contribution in [0.1, 0.15) is 55.1 Å². The van der Waals surface area contributed by atoms with E-state index in [-0.39, 0.29) is 12.1 Å². The molecule has 1 aromatic heterocycles. The summed E-state index contributed by atoms with van der Waals surface area (Å²) < 4.78 is 16.6. The predicted octanol–water partition coefficient (Wildman–Crippen LogP) is 4.46. The number of esters is 1. The second-order valence-electron chi connectivity index (χ2n) is 10.2. The second-order valence-corrected chi connectivity index (χ2v) is 10.2. The molecular formula is C27H35N3O5. The number of piperidine rings is 1. The van der Waals surface area contributed by atoms with Gasteiger partial charge in [0.25, 0.3) is 0 Å². The summed E-state index contributed by atoms with van der Waals surface area (Å²) in [7, 11) is 1.39. The van der Waals surface area contributed by atoms with Gasteiger partial charge in [0.15, 0.2) is 0 Å². The number of methoxy groups -OCH3 is 1. The van der Waals surface area contributed by atoms with Crippen LogP contribution in [0.25, 0.3) is 0 Å². The van der Waals surface area contributed by atoms with Gasteiger partial charge in [0.05, 0.1) is 19.4 Å². The summed E-state index contributed by atoms with van der Waals surface area (Å²) in [5.74, 6) is 0.902. The first-order valence-corrected chi connectivity index (χ1v) is 12.2. The molecule has 2 aliphatic rings. The molecule has 1 saturated heterocycles. The highest BCUT2D eigenvalue weighted by molar-refractivity contribution is 5.95. The maximum atomic E-state index is 12.5. The van der Waals surface area contributed by atoms with Crippen LogP contribution in [-0.4, -0.2) is 60.9 Å². The second kappa shape index (κ2) is 10.5. The minimum Gasteiger partial charge on any atom is -0.493 e. The zero-order chi connectivity index (χ0) is 25.0. The van der Waals surface area contributed by atoms with Crippen LogP contribution in [0.3, 0.4) is 0 Å². The molecule has 8 nitrogen and oxygen atoms in total. The molecule has 0 N–H and O–H groups in total. The van der Waals surface area contributed by atoms with E-state index in [2.05, 4.69) is 22.0 Å². The van der Waals surface area contributed by atoms with Gasteiger partial charge in [-0.15, -0.1) is 0 Å². The van der Waals surface area contributed by atoms with Crippen LogP contribution in [0.4, 0.5) is 10.5 Å². The van der Waals surface area contributed by atoms with Crippen molar-refractivity contribution >= 4 is 17.7 Å². The Balaban J connectivity index is 1.31. The van der Waals surface area contributed by atoms with Crippen molar-refractivity contribution in [1.29, 1.82) is 0 Å². The summed E-state index contributed by atoms with van der Waals surface area (Å²) in [5.41, 5.74) is 3.23. The highest BCUT2D eigenvalue weighted by atomic mass is 16.6. The number of aromatic nitrogens is 1. The summed E-state index contributed by atoms with van der Waals surface area (Å²) in [4.78, 5) is 32.6. The molecule has 3 heterocycles. The highest BCUT2D eigenvalue weighted by Gasteiger charge is 2.27. The van der Waals surface area contributed by atoms with E-state index in [1.165, 1.54) is 12.7 Å². The summed E-state index contributed by atoms with van der Waals surface area (Å²) >= 11 is 0. The summed E-state index contributed by atoms with van der Waals surface area (Å²) in [5, 5.41) is 0. The standard InChI is InChI=1S/C27H35N3O5/c1-27(2,3)35-26(32)30-14-10-20-5-6-22(15-21(20)17-30)34-18-19-8-12-29(13-9-19)24-7-11-28-16-23(24)25(31)33-4/h5-7,11,15-16,19H,8-10,12-14,17-18H2,1-4H3. The molecule has 1 fully saturated rings. The Kier molecular flexibility index (Phi) is 7.48. The van der Waals surface area contributed by atoms with Crippen LogP contribution in [0.2, 0.25) is 0 Å². The van der Waals surface area contributed by atoms with Gasteiger partial charge < -0.3 is 24.0 Å². The minimum absolute atomic E-state index is 0.272. The molecule has 8 heteroatoms. The van der Waals surface area contributed by atoms with Gasteiger partial charge in [0.2, 0.25) is 0 Å². The van der Waals surface area contributed by atoms with E-state index in [9.17, 15) is 9.59 Å². The number of rotatable bonds is 5. The van der Waals surface area contributed by atoms with Crippen molar-refractivity contribution in [2.45, 2.75) is 52.2 Å². The molecule has 2 aromatic rings. The van der Waals surface area contributed by atoms with Crippen LogP contribution in [0, 0.1) is 5.92 Å². The van der Waals surface area contributed by atoms with Crippen molar-refractivity contribution in [2.24, 2.45) is 5.92 Å². The third-order valence-electron chi connectivity index (χ3n) is 6.49. The molecule has 0 radical (unpaired) electrons. The molecule has 0 unspecified atom stereocenters. The van der Waals surface area contributed by atoms with Crippen LogP contribution < -0.4 is 9.64 Å².